The molecule has 0 saturated heterocycles. The van der Waals surface area contributed by atoms with Crippen molar-refractivity contribution in [1.82, 2.24) is 19.5 Å². The summed E-state index contributed by atoms with van der Waals surface area (Å²) in [5.41, 5.74) is 2.24. The number of benzene rings is 1. The van der Waals surface area contributed by atoms with Crippen molar-refractivity contribution in [3.8, 4) is 11.6 Å². The summed E-state index contributed by atoms with van der Waals surface area (Å²) >= 11 is 0. The number of rotatable bonds is 6. The number of anilines is 1. The standard InChI is InChI=1S/C17H19N5O/c1-3-23-17-10-16(19-11-20-17)21-13(2)14-5-4-6-15(9-14)22-8-7-18-12-22/h4-13H,3H2,1-2H3,(H,19,20,21). The topological polar surface area (TPSA) is 64.9 Å². The van der Waals surface area contributed by atoms with Gasteiger partial charge in [0, 0.05) is 24.1 Å². The van der Waals surface area contributed by atoms with Gasteiger partial charge in [0.25, 0.3) is 0 Å². The van der Waals surface area contributed by atoms with E-state index in [1.54, 1.807) is 18.6 Å². The first-order chi connectivity index (χ1) is 11.3. The lowest BCUT2D eigenvalue weighted by Crippen LogP contribution is -2.09. The number of aromatic nitrogens is 4. The Morgan fingerprint density at radius 3 is 2.96 bits per heavy atom. The van der Waals surface area contributed by atoms with E-state index >= 15 is 0 Å². The van der Waals surface area contributed by atoms with Crippen LogP contribution in [0.25, 0.3) is 5.69 Å². The fourth-order valence-electron chi connectivity index (χ4n) is 2.32. The molecule has 3 rings (SSSR count). The zero-order chi connectivity index (χ0) is 16.1. The minimum absolute atomic E-state index is 0.0999. The van der Waals surface area contributed by atoms with Gasteiger partial charge in [-0.2, -0.15) is 0 Å². The summed E-state index contributed by atoms with van der Waals surface area (Å²) in [7, 11) is 0. The Bertz CT molecular complexity index is 757. The highest BCUT2D eigenvalue weighted by atomic mass is 16.5. The number of imidazole rings is 1. The second-order valence-electron chi connectivity index (χ2n) is 5.11. The first-order valence-electron chi connectivity index (χ1n) is 7.56. The van der Waals surface area contributed by atoms with E-state index < -0.39 is 0 Å². The largest absolute Gasteiger partial charge is 0.478 e. The number of hydrogen-bond donors (Lipinski definition) is 1. The maximum atomic E-state index is 5.40. The van der Waals surface area contributed by atoms with E-state index in [2.05, 4.69) is 45.4 Å². The van der Waals surface area contributed by atoms with Gasteiger partial charge in [0.05, 0.1) is 19.0 Å². The van der Waals surface area contributed by atoms with Crippen LogP contribution in [-0.4, -0.2) is 26.1 Å². The molecule has 2 heterocycles. The Morgan fingerprint density at radius 1 is 1.26 bits per heavy atom. The monoisotopic (exact) mass is 309 g/mol. The molecule has 2 aromatic heterocycles. The Kier molecular flexibility index (Phi) is 4.52. The van der Waals surface area contributed by atoms with Gasteiger partial charge in [-0.1, -0.05) is 12.1 Å². The van der Waals surface area contributed by atoms with E-state index in [1.807, 2.05) is 23.8 Å². The molecule has 0 radical (unpaired) electrons. The lowest BCUT2D eigenvalue weighted by molar-refractivity contribution is 0.326. The summed E-state index contributed by atoms with van der Waals surface area (Å²) < 4.78 is 7.38. The summed E-state index contributed by atoms with van der Waals surface area (Å²) in [6.07, 6.45) is 6.98. The number of nitrogens with zero attached hydrogens (tertiary/aromatic N) is 4. The molecule has 0 bridgehead atoms. The fourth-order valence-corrected chi connectivity index (χ4v) is 2.32. The minimum Gasteiger partial charge on any atom is -0.478 e. The molecular formula is C17H19N5O. The zero-order valence-corrected chi connectivity index (χ0v) is 13.2. The van der Waals surface area contributed by atoms with Gasteiger partial charge in [-0.25, -0.2) is 15.0 Å². The Labute approximate surface area is 135 Å². The SMILES string of the molecule is CCOc1cc(NC(C)c2cccc(-n3ccnc3)c2)ncn1. The van der Waals surface area contributed by atoms with E-state index in [0.717, 1.165) is 17.1 Å². The third-order valence-electron chi connectivity index (χ3n) is 3.47. The molecule has 0 amide bonds. The van der Waals surface area contributed by atoms with Crippen LogP contribution < -0.4 is 10.1 Å². The van der Waals surface area contributed by atoms with Gasteiger partial charge in [0.1, 0.15) is 12.1 Å². The molecule has 0 aliphatic heterocycles. The summed E-state index contributed by atoms with van der Waals surface area (Å²) in [6, 6.07) is 10.2. The highest BCUT2D eigenvalue weighted by Gasteiger charge is 2.08. The third kappa shape index (κ3) is 3.66. The third-order valence-corrected chi connectivity index (χ3v) is 3.47. The summed E-state index contributed by atoms with van der Waals surface area (Å²) in [5, 5.41) is 3.37. The van der Waals surface area contributed by atoms with Crippen LogP contribution in [0.5, 0.6) is 5.88 Å². The molecule has 1 aromatic carbocycles. The van der Waals surface area contributed by atoms with Gasteiger partial charge >= 0.3 is 0 Å². The van der Waals surface area contributed by atoms with Gasteiger partial charge in [0.2, 0.25) is 5.88 Å². The Hall–Kier alpha value is -2.89. The normalized spacial score (nSPS) is 11.9. The van der Waals surface area contributed by atoms with Crippen molar-refractivity contribution < 1.29 is 4.74 Å². The molecule has 0 saturated carbocycles. The van der Waals surface area contributed by atoms with Crippen molar-refractivity contribution in [1.29, 1.82) is 0 Å². The fraction of sp³-hybridized carbons (Fsp3) is 0.235. The molecule has 0 fully saturated rings. The van der Waals surface area contributed by atoms with Gasteiger partial charge in [-0.05, 0) is 31.5 Å². The van der Waals surface area contributed by atoms with E-state index in [1.165, 1.54) is 6.33 Å². The van der Waals surface area contributed by atoms with Gasteiger partial charge < -0.3 is 14.6 Å². The highest BCUT2D eigenvalue weighted by molar-refractivity contribution is 5.43. The molecule has 0 aliphatic carbocycles. The first kappa shape index (κ1) is 15.0. The maximum absolute atomic E-state index is 5.40. The summed E-state index contributed by atoms with van der Waals surface area (Å²) in [5.74, 6) is 1.31. The molecule has 1 N–H and O–H groups in total. The number of hydrogen-bond acceptors (Lipinski definition) is 5. The molecule has 3 aromatic rings. The van der Waals surface area contributed by atoms with Crippen LogP contribution in [0.1, 0.15) is 25.5 Å². The van der Waals surface area contributed by atoms with E-state index in [0.29, 0.717) is 12.5 Å². The van der Waals surface area contributed by atoms with Gasteiger partial charge in [-0.15, -0.1) is 0 Å². The second-order valence-corrected chi connectivity index (χ2v) is 5.11. The maximum Gasteiger partial charge on any atom is 0.218 e. The van der Waals surface area contributed by atoms with Crippen LogP contribution in [0.15, 0.2) is 55.4 Å². The van der Waals surface area contributed by atoms with Crippen molar-refractivity contribution in [2.24, 2.45) is 0 Å². The highest BCUT2D eigenvalue weighted by Crippen LogP contribution is 2.21. The molecule has 0 aliphatic rings. The number of ether oxygens (including phenoxy) is 1. The molecule has 1 unspecified atom stereocenters. The van der Waals surface area contributed by atoms with E-state index in [-0.39, 0.29) is 6.04 Å². The average molecular weight is 309 g/mol. The smallest absolute Gasteiger partial charge is 0.218 e. The lowest BCUT2D eigenvalue weighted by Gasteiger charge is -2.16. The van der Waals surface area contributed by atoms with Crippen molar-refractivity contribution in [3.63, 3.8) is 0 Å². The van der Waals surface area contributed by atoms with Crippen LogP contribution >= 0.6 is 0 Å². The predicted octanol–water partition coefficient (Wildman–Crippen LogP) is 3.23. The average Bonchev–Trinajstić information content (AvgIpc) is 3.10. The van der Waals surface area contributed by atoms with E-state index in [4.69, 9.17) is 4.74 Å². The van der Waals surface area contributed by atoms with Gasteiger partial charge in [-0.3, -0.25) is 0 Å². The first-order valence-corrected chi connectivity index (χ1v) is 7.56. The molecular weight excluding hydrogens is 290 g/mol. The predicted molar refractivity (Wildman–Crippen MR) is 88.8 cm³/mol. The molecule has 23 heavy (non-hydrogen) atoms. The number of nitrogens with one attached hydrogen (secondary N) is 1. The quantitative estimate of drug-likeness (QED) is 0.757. The van der Waals surface area contributed by atoms with Crippen molar-refractivity contribution >= 4 is 5.82 Å². The zero-order valence-electron chi connectivity index (χ0n) is 13.2. The molecule has 118 valence electrons. The molecule has 6 nitrogen and oxygen atoms in total. The van der Waals surface area contributed by atoms with Gasteiger partial charge in [0.15, 0.2) is 0 Å². The molecule has 0 spiro atoms. The second kappa shape index (κ2) is 6.91. The van der Waals surface area contributed by atoms with Crippen LogP contribution in [0.4, 0.5) is 5.82 Å². The minimum atomic E-state index is 0.0999. The molecule has 1 atom stereocenters. The van der Waals surface area contributed by atoms with Crippen molar-refractivity contribution in [3.05, 3.63) is 60.9 Å². The Balaban J connectivity index is 1.77. The van der Waals surface area contributed by atoms with Crippen LogP contribution in [0.3, 0.4) is 0 Å². The van der Waals surface area contributed by atoms with Crippen LogP contribution in [0.2, 0.25) is 0 Å². The van der Waals surface area contributed by atoms with E-state index in [9.17, 15) is 0 Å². The van der Waals surface area contributed by atoms with Crippen LogP contribution in [-0.2, 0) is 0 Å². The van der Waals surface area contributed by atoms with Crippen molar-refractivity contribution in [2.75, 3.05) is 11.9 Å². The summed E-state index contributed by atoms with van der Waals surface area (Å²) in [6.45, 7) is 4.61. The Morgan fingerprint density at radius 2 is 2.17 bits per heavy atom. The van der Waals surface area contributed by atoms with Crippen LogP contribution in [0, 0.1) is 0 Å². The summed E-state index contributed by atoms with van der Waals surface area (Å²) in [4.78, 5) is 12.4. The van der Waals surface area contributed by atoms with Crippen molar-refractivity contribution in [2.45, 2.75) is 19.9 Å². The lowest BCUT2D eigenvalue weighted by atomic mass is 10.1. The molecule has 6 heteroatoms.